The van der Waals surface area contributed by atoms with E-state index in [0.29, 0.717) is 24.2 Å². The molecule has 1 atom stereocenters. The Hall–Kier alpha value is -1.75. The predicted molar refractivity (Wildman–Crippen MR) is 106 cm³/mol. The van der Waals surface area contributed by atoms with Gasteiger partial charge in [-0.05, 0) is 56.6 Å². The van der Waals surface area contributed by atoms with Gasteiger partial charge in [-0.2, -0.15) is 0 Å². The molecule has 1 aromatic rings. The Balaban J connectivity index is 1.90. The molecular weight excluding hydrogens is 356 g/mol. The van der Waals surface area contributed by atoms with Crippen LogP contribution in [0.5, 0.6) is 11.5 Å². The quantitative estimate of drug-likeness (QED) is 0.745. The van der Waals surface area contributed by atoms with E-state index in [4.69, 9.17) is 14.2 Å². The van der Waals surface area contributed by atoms with Crippen LogP contribution in [0.1, 0.15) is 76.7 Å². The highest BCUT2D eigenvalue weighted by Gasteiger charge is 2.56. The van der Waals surface area contributed by atoms with Gasteiger partial charge in [0.1, 0.15) is 17.1 Å². The van der Waals surface area contributed by atoms with Gasteiger partial charge in [0.15, 0.2) is 0 Å². The maximum atomic E-state index is 11.9. The second-order valence-corrected chi connectivity index (χ2v) is 8.43. The van der Waals surface area contributed by atoms with Crippen LogP contribution in [0.3, 0.4) is 0 Å². The maximum absolute atomic E-state index is 11.9. The Labute approximate surface area is 167 Å². The van der Waals surface area contributed by atoms with E-state index >= 15 is 0 Å². The molecule has 2 aliphatic carbocycles. The van der Waals surface area contributed by atoms with Crippen LogP contribution >= 0.6 is 0 Å². The number of carboxylic acid groups (broad SMARTS) is 1. The minimum atomic E-state index is -1.26. The number of fused-ring (bicyclic) bond motifs is 1. The van der Waals surface area contributed by atoms with Crippen molar-refractivity contribution in [1.29, 1.82) is 0 Å². The molecule has 2 saturated carbocycles. The summed E-state index contributed by atoms with van der Waals surface area (Å²) >= 11 is 0. The first-order valence-corrected chi connectivity index (χ1v) is 11.0. The Bertz CT molecular complexity index is 670. The van der Waals surface area contributed by atoms with Crippen LogP contribution in [0.25, 0.3) is 0 Å². The van der Waals surface area contributed by atoms with Crippen LogP contribution in [0, 0.1) is 11.8 Å². The standard InChI is InChI=1S/C23H32O5/c1-2-26-18-14-9-15-19-20(18)23(16-10-5-3-6-11-16,17-12-7-4-8-13-17)28-22(27-19)21(24)25/h9,14-17,22H,2-8,10-13H2,1H3,(H,24,25). The number of benzene rings is 1. The highest BCUT2D eigenvalue weighted by atomic mass is 16.7. The SMILES string of the molecule is CCOc1cccc2c1C(C1CCCCC1)(C1CCCCC1)OC(C(=O)O)O2. The molecule has 2 fully saturated rings. The summed E-state index contributed by atoms with van der Waals surface area (Å²) in [4.78, 5) is 11.9. The molecule has 1 heterocycles. The van der Waals surface area contributed by atoms with Crippen LogP contribution in [0.4, 0.5) is 0 Å². The van der Waals surface area contributed by atoms with Gasteiger partial charge in [-0.15, -0.1) is 0 Å². The summed E-state index contributed by atoms with van der Waals surface area (Å²) in [5.41, 5.74) is 0.330. The van der Waals surface area contributed by atoms with Gasteiger partial charge in [0.05, 0.1) is 12.2 Å². The van der Waals surface area contributed by atoms with E-state index in [1.807, 2.05) is 25.1 Å². The predicted octanol–water partition coefficient (Wildman–Crippen LogP) is 5.26. The summed E-state index contributed by atoms with van der Waals surface area (Å²) in [5.74, 6) is 0.968. The third kappa shape index (κ3) is 3.38. The van der Waals surface area contributed by atoms with Crippen molar-refractivity contribution in [2.45, 2.75) is 83.0 Å². The Kier molecular flexibility index (Phi) is 5.81. The van der Waals surface area contributed by atoms with E-state index in [-0.39, 0.29) is 0 Å². The number of carbonyl (C=O) groups is 1. The van der Waals surface area contributed by atoms with E-state index < -0.39 is 17.9 Å². The van der Waals surface area contributed by atoms with Gasteiger partial charge in [-0.3, -0.25) is 0 Å². The second-order valence-electron chi connectivity index (χ2n) is 8.43. The maximum Gasteiger partial charge on any atom is 0.373 e. The second kappa shape index (κ2) is 8.32. The van der Waals surface area contributed by atoms with Crippen molar-refractivity contribution in [3.63, 3.8) is 0 Å². The van der Waals surface area contributed by atoms with Gasteiger partial charge >= 0.3 is 5.97 Å². The highest BCUT2D eigenvalue weighted by Crippen LogP contribution is 2.58. The largest absolute Gasteiger partial charge is 0.493 e. The minimum absolute atomic E-state index is 0.301. The van der Waals surface area contributed by atoms with Crippen LogP contribution in [0.2, 0.25) is 0 Å². The summed E-state index contributed by atoms with van der Waals surface area (Å²) < 4.78 is 18.4. The summed E-state index contributed by atoms with van der Waals surface area (Å²) in [5, 5.41) is 9.78. The zero-order valence-corrected chi connectivity index (χ0v) is 16.8. The van der Waals surface area contributed by atoms with E-state index in [9.17, 15) is 9.90 Å². The molecule has 0 aromatic heterocycles. The van der Waals surface area contributed by atoms with Crippen LogP contribution in [-0.4, -0.2) is 24.0 Å². The van der Waals surface area contributed by atoms with Crippen molar-refractivity contribution in [2.75, 3.05) is 6.61 Å². The lowest BCUT2D eigenvalue weighted by molar-refractivity contribution is -0.252. The number of carboxylic acids is 1. The lowest BCUT2D eigenvalue weighted by atomic mass is 9.62. The normalized spacial score (nSPS) is 25.5. The summed E-state index contributed by atoms with van der Waals surface area (Å²) in [7, 11) is 0. The first-order chi connectivity index (χ1) is 13.7. The van der Waals surface area contributed by atoms with Crippen LogP contribution in [0.15, 0.2) is 18.2 Å². The van der Waals surface area contributed by atoms with Crippen molar-refractivity contribution >= 4 is 5.97 Å². The Morgan fingerprint density at radius 2 is 1.68 bits per heavy atom. The van der Waals surface area contributed by atoms with E-state index in [1.54, 1.807) is 0 Å². The van der Waals surface area contributed by atoms with Crippen LogP contribution in [-0.2, 0) is 15.1 Å². The molecule has 5 heteroatoms. The van der Waals surface area contributed by atoms with E-state index in [0.717, 1.165) is 37.0 Å². The topological polar surface area (TPSA) is 65.0 Å². The molecule has 154 valence electrons. The number of rotatable bonds is 5. The lowest BCUT2D eigenvalue weighted by Gasteiger charge is -2.52. The molecule has 3 aliphatic rings. The third-order valence-corrected chi connectivity index (χ3v) is 6.84. The zero-order chi connectivity index (χ0) is 19.6. The molecule has 0 saturated heterocycles. The molecule has 28 heavy (non-hydrogen) atoms. The average molecular weight is 389 g/mol. The molecule has 0 amide bonds. The van der Waals surface area contributed by atoms with Gasteiger partial charge in [-0.1, -0.05) is 44.6 Å². The molecule has 5 nitrogen and oxygen atoms in total. The van der Waals surface area contributed by atoms with Gasteiger partial charge in [0.2, 0.25) is 0 Å². The van der Waals surface area contributed by atoms with Crippen molar-refractivity contribution in [3.8, 4) is 11.5 Å². The average Bonchev–Trinajstić information content (AvgIpc) is 2.74. The number of hydrogen-bond acceptors (Lipinski definition) is 4. The molecule has 0 spiro atoms. The summed E-state index contributed by atoms with van der Waals surface area (Å²) in [6, 6.07) is 5.76. The number of ether oxygens (including phenoxy) is 3. The lowest BCUT2D eigenvalue weighted by Crippen LogP contribution is -2.54. The molecule has 1 N–H and O–H groups in total. The zero-order valence-electron chi connectivity index (χ0n) is 16.8. The molecule has 4 rings (SSSR count). The smallest absolute Gasteiger partial charge is 0.373 e. The van der Waals surface area contributed by atoms with Crippen molar-refractivity contribution in [2.24, 2.45) is 11.8 Å². The van der Waals surface area contributed by atoms with E-state index in [1.165, 1.54) is 38.5 Å². The molecule has 1 aliphatic heterocycles. The third-order valence-electron chi connectivity index (χ3n) is 6.84. The van der Waals surface area contributed by atoms with E-state index in [2.05, 4.69) is 0 Å². The van der Waals surface area contributed by atoms with Crippen molar-refractivity contribution in [1.82, 2.24) is 0 Å². The van der Waals surface area contributed by atoms with Gasteiger partial charge in [0, 0.05) is 0 Å². The molecule has 1 aromatic carbocycles. The summed E-state index contributed by atoms with van der Waals surface area (Å²) in [6.45, 7) is 2.54. The van der Waals surface area contributed by atoms with Crippen molar-refractivity contribution < 1.29 is 24.1 Å². The number of aliphatic carboxylic acids is 1. The monoisotopic (exact) mass is 388 g/mol. The van der Waals surface area contributed by atoms with Crippen LogP contribution < -0.4 is 9.47 Å². The number of hydrogen-bond donors (Lipinski definition) is 1. The highest BCUT2D eigenvalue weighted by molar-refractivity contribution is 5.72. The van der Waals surface area contributed by atoms with Gasteiger partial charge < -0.3 is 19.3 Å². The molecular formula is C23H32O5. The molecule has 0 bridgehead atoms. The summed E-state index contributed by atoms with van der Waals surface area (Å²) in [6.07, 6.45) is 10.2. The van der Waals surface area contributed by atoms with Gasteiger partial charge in [0.25, 0.3) is 6.29 Å². The first kappa shape index (κ1) is 19.6. The molecule has 0 radical (unpaired) electrons. The first-order valence-electron chi connectivity index (χ1n) is 11.0. The van der Waals surface area contributed by atoms with Crippen molar-refractivity contribution in [3.05, 3.63) is 23.8 Å². The Morgan fingerprint density at radius 1 is 1.07 bits per heavy atom. The fourth-order valence-corrected chi connectivity index (χ4v) is 5.74. The Morgan fingerprint density at radius 3 is 2.21 bits per heavy atom. The molecule has 1 unspecified atom stereocenters. The fraction of sp³-hybridized carbons (Fsp3) is 0.696. The minimum Gasteiger partial charge on any atom is -0.493 e. The fourth-order valence-electron chi connectivity index (χ4n) is 5.74. The van der Waals surface area contributed by atoms with Gasteiger partial charge in [-0.25, -0.2) is 4.79 Å².